The number of carbonyl (C=O) groups excluding carboxylic acids is 3. The molecule has 3 rings (SSSR count). The first-order valence-corrected chi connectivity index (χ1v) is 7.78. The summed E-state index contributed by atoms with van der Waals surface area (Å²) >= 11 is 0. The van der Waals surface area contributed by atoms with Crippen molar-refractivity contribution in [3.63, 3.8) is 0 Å². The summed E-state index contributed by atoms with van der Waals surface area (Å²) in [5, 5.41) is 2.42. The predicted molar refractivity (Wildman–Crippen MR) is 72.7 cm³/mol. The van der Waals surface area contributed by atoms with Crippen LogP contribution in [-0.4, -0.2) is 28.3 Å². The third kappa shape index (κ3) is 1.86. The van der Waals surface area contributed by atoms with E-state index < -0.39 is 11.9 Å². The smallest absolute Gasteiger partial charge is 0.277 e. The topological polar surface area (TPSA) is 66.5 Å². The van der Waals surface area contributed by atoms with Crippen LogP contribution in [-0.2, 0) is 9.59 Å². The van der Waals surface area contributed by atoms with Crippen molar-refractivity contribution in [2.45, 2.75) is 63.8 Å². The van der Waals surface area contributed by atoms with Crippen LogP contribution in [0.3, 0.4) is 0 Å². The van der Waals surface area contributed by atoms with Gasteiger partial charge in [0, 0.05) is 0 Å². The van der Waals surface area contributed by atoms with Crippen LogP contribution in [0, 0.1) is 11.8 Å². The Morgan fingerprint density at radius 3 is 2.30 bits per heavy atom. The van der Waals surface area contributed by atoms with E-state index >= 15 is 0 Å². The molecule has 1 unspecified atom stereocenters. The van der Waals surface area contributed by atoms with E-state index in [2.05, 4.69) is 5.32 Å². The quantitative estimate of drug-likeness (QED) is 0.805. The first-order chi connectivity index (χ1) is 9.59. The number of nitrogens with one attached hydrogen (secondary N) is 1. The molecule has 20 heavy (non-hydrogen) atoms. The average molecular weight is 278 g/mol. The van der Waals surface area contributed by atoms with Crippen molar-refractivity contribution < 1.29 is 14.4 Å². The van der Waals surface area contributed by atoms with Gasteiger partial charge in [0.2, 0.25) is 11.8 Å². The van der Waals surface area contributed by atoms with Crippen LogP contribution in [0.5, 0.6) is 0 Å². The molecule has 0 bridgehead atoms. The molecule has 1 N–H and O–H groups in total. The highest BCUT2D eigenvalue weighted by molar-refractivity contribution is 6.16. The Morgan fingerprint density at radius 2 is 1.80 bits per heavy atom. The maximum absolute atomic E-state index is 12.8. The van der Waals surface area contributed by atoms with Gasteiger partial charge in [0.15, 0.2) is 0 Å². The van der Waals surface area contributed by atoms with Crippen molar-refractivity contribution in [3.8, 4) is 0 Å². The molecule has 0 aromatic rings. The lowest BCUT2D eigenvalue weighted by Crippen LogP contribution is -2.68. The second-order valence-corrected chi connectivity index (χ2v) is 6.42. The average Bonchev–Trinajstić information content (AvgIpc) is 2.85. The summed E-state index contributed by atoms with van der Waals surface area (Å²) in [6.07, 6.45) is 7.56. The molecular formula is C15H22N2O3. The highest BCUT2D eigenvalue weighted by Crippen LogP contribution is 2.44. The van der Waals surface area contributed by atoms with Crippen LogP contribution in [0.1, 0.15) is 58.3 Å². The van der Waals surface area contributed by atoms with Crippen LogP contribution in [0.4, 0.5) is 4.79 Å². The molecule has 1 saturated heterocycles. The van der Waals surface area contributed by atoms with E-state index in [1.54, 1.807) is 0 Å². The predicted octanol–water partition coefficient (Wildman–Crippen LogP) is 2.20. The van der Waals surface area contributed by atoms with Gasteiger partial charge in [-0.1, -0.05) is 19.8 Å². The van der Waals surface area contributed by atoms with Crippen LogP contribution < -0.4 is 5.32 Å². The van der Waals surface area contributed by atoms with Crippen molar-refractivity contribution >= 4 is 17.8 Å². The zero-order valence-corrected chi connectivity index (χ0v) is 12.0. The number of hydrogen-bond acceptors (Lipinski definition) is 3. The van der Waals surface area contributed by atoms with Gasteiger partial charge in [-0.2, -0.15) is 0 Å². The molecule has 0 radical (unpaired) electrons. The first kappa shape index (κ1) is 13.6. The number of carbonyl (C=O) groups is 3. The summed E-state index contributed by atoms with van der Waals surface area (Å²) in [6, 6.07) is -0.504. The highest BCUT2D eigenvalue weighted by atomic mass is 16.2. The Balaban J connectivity index is 1.88. The Bertz CT molecular complexity index is 445. The van der Waals surface area contributed by atoms with Crippen molar-refractivity contribution in [2.75, 3.05) is 0 Å². The molecule has 0 aromatic carbocycles. The molecule has 3 aliphatic rings. The monoisotopic (exact) mass is 278 g/mol. The van der Waals surface area contributed by atoms with Gasteiger partial charge in [-0.25, -0.2) is 4.79 Å². The van der Waals surface area contributed by atoms with Crippen LogP contribution in [0.25, 0.3) is 0 Å². The van der Waals surface area contributed by atoms with Gasteiger partial charge in [-0.05, 0) is 44.4 Å². The lowest BCUT2D eigenvalue weighted by atomic mass is 9.72. The lowest BCUT2D eigenvalue weighted by Gasteiger charge is -2.51. The Labute approximate surface area is 119 Å². The molecule has 2 aliphatic carbocycles. The Kier molecular flexibility index (Phi) is 3.30. The van der Waals surface area contributed by atoms with Crippen molar-refractivity contribution in [2.24, 2.45) is 11.8 Å². The van der Waals surface area contributed by atoms with Gasteiger partial charge in [-0.15, -0.1) is 0 Å². The fourth-order valence-corrected chi connectivity index (χ4v) is 4.07. The number of urea groups is 1. The second-order valence-electron chi connectivity index (χ2n) is 6.42. The van der Waals surface area contributed by atoms with Crippen molar-refractivity contribution in [3.05, 3.63) is 0 Å². The Morgan fingerprint density at radius 1 is 1.15 bits per heavy atom. The molecule has 1 heterocycles. The molecule has 0 spiro atoms. The third-order valence-corrected chi connectivity index (χ3v) is 5.49. The van der Waals surface area contributed by atoms with E-state index in [4.69, 9.17) is 0 Å². The number of nitrogens with zero attached hydrogens (tertiary/aromatic N) is 1. The minimum Gasteiger partial charge on any atom is -0.277 e. The molecule has 0 aromatic heterocycles. The summed E-state index contributed by atoms with van der Waals surface area (Å²) in [5.41, 5.74) is -0.335. The van der Waals surface area contributed by atoms with Crippen LogP contribution in [0.2, 0.25) is 0 Å². The number of imide groups is 2. The van der Waals surface area contributed by atoms with Gasteiger partial charge in [0.05, 0.1) is 5.54 Å². The zero-order valence-electron chi connectivity index (χ0n) is 12.0. The van der Waals surface area contributed by atoms with Gasteiger partial charge >= 0.3 is 6.03 Å². The van der Waals surface area contributed by atoms with Gasteiger partial charge in [-0.3, -0.25) is 19.8 Å². The summed E-state index contributed by atoms with van der Waals surface area (Å²) in [7, 11) is 0. The first-order valence-electron chi connectivity index (χ1n) is 7.78. The highest BCUT2D eigenvalue weighted by Gasteiger charge is 2.54. The molecule has 5 heteroatoms. The van der Waals surface area contributed by atoms with E-state index in [1.807, 2.05) is 6.92 Å². The summed E-state index contributed by atoms with van der Waals surface area (Å²) in [6.45, 7) is 2.01. The number of amides is 4. The van der Waals surface area contributed by atoms with Gasteiger partial charge in [0.25, 0.3) is 0 Å². The summed E-state index contributed by atoms with van der Waals surface area (Å²) in [4.78, 5) is 38.4. The van der Waals surface area contributed by atoms with E-state index in [1.165, 1.54) is 4.90 Å². The zero-order chi connectivity index (χ0) is 14.3. The molecule has 1 atom stereocenters. The standard InChI is InChI=1S/C15H22N2O3/c1-2-15(8-5-9-15)17-13(19)11(10-6-3-4-7-10)12(18)16-14(17)20/h10-11H,2-9H2,1H3,(H,16,18,20). The molecular weight excluding hydrogens is 256 g/mol. The van der Waals surface area contributed by atoms with Gasteiger partial charge in [0.1, 0.15) is 5.92 Å². The second kappa shape index (κ2) is 4.86. The van der Waals surface area contributed by atoms with E-state index in [9.17, 15) is 14.4 Å². The molecule has 2 saturated carbocycles. The molecule has 110 valence electrons. The lowest BCUT2D eigenvalue weighted by molar-refractivity contribution is -0.151. The Hall–Kier alpha value is -1.39. The minimum atomic E-state index is -0.640. The fraction of sp³-hybridized carbons (Fsp3) is 0.800. The molecule has 4 amide bonds. The largest absolute Gasteiger partial charge is 0.331 e. The third-order valence-electron chi connectivity index (χ3n) is 5.49. The number of rotatable bonds is 3. The van der Waals surface area contributed by atoms with E-state index in [0.29, 0.717) is 0 Å². The van der Waals surface area contributed by atoms with Crippen molar-refractivity contribution in [1.82, 2.24) is 10.2 Å². The molecule has 1 aliphatic heterocycles. The number of hydrogen-bond donors (Lipinski definition) is 1. The number of barbiturate groups is 1. The van der Waals surface area contributed by atoms with Crippen LogP contribution in [0.15, 0.2) is 0 Å². The molecule has 5 nitrogen and oxygen atoms in total. The van der Waals surface area contributed by atoms with E-state index in [0.717, 1.165) is 51.4 Å². The SMILES string of the molecule is CCC1(N2C(=O)NC(=O)C(C3CCCC3)C2=O)CCC1. The van der Waals surface area contributed by atoms with Crippen LogP contribution >= 0.6 is 0 Å². The van der Waals surface area contributed by atoms with Gasteiger partial charge < -0.3 is 0 Å². The molecule has 3 fully saturated rings. The minimum absolute atomic E-state index is 0.118. The summed E-state index contributed by atoms with van der Waals surface area (Å²) < 4.78 is 0. The fourth-order valence-electron chi connectivity index (χ4n) is 4.07. The maximum atomic E-state index is 12.8. The maximum Gasteiger partial charge on any atom is 0.331 e. The van der Waals surface area contributed by atoms with E-state index in [-0.39, 0.29) is 23.3 Å². The normalized spacial score (nSPS) is 30.4. The summed E-state index contributed by atoms with van der Waals surface area (Å²) in [5.74, 6) is -1.15. The van der Waals surface area contributed by atoms with Crippen molar-refractivity contribution in [1.29, 1.82) is 0 Å².